The molecule has 1 unspecified atom stereocenters. The first-order valence-electron chi connectivity index (χ1n) is 4.98. The van der Waals surface area contributed by atoms with Gasteiger partial charge in [-0.2, -0.15) is 5.26 Å². The molecule has 0 rings (SSSR count). The molecule has 1 atom stereocenters. The van der Waals surface area contributed by atoms with E-state index < -0.39 is 0 Å². The maximum absolute atomic E-state index is 8.89. The van der Waals surface area contributed by atoms with E-state index in [1.54, 1.807) is 0 Å². The average molecular weight is 182 g/mol. The first-order chi connectivity index (χ1) is 5.85. The zero-order chi connectivity index (χ0) is 10.5. The third kappa shape index (κ3) is 7.80. The summed E-state index contributed by atoms with van der Waals surface area (Å²) in [5, 5.41) is 12.2. The predicted octanol–water partition coefficient (Wildman–Crippen LogP) is 2.56. The predicted molar refractivity (Wildman–Crippen MR) is 56.3 cm³/mol. The maximum atomic E-state index is 8.89. The van der Waals surface area contributed by atoms with Gasteiger partial charge in [-0.15, -0.1) is 0 Å². The van der Waals surface area contributed by atoms with Crippen molar-refractivity contribution in [2.45, 2.75) is 47.1 Å². The maximum Gasteiger partial charge on any atom is 0.0958 e. The lowest BCUT2D eigenvalue weighted by Crippen LogP contribution is -2.34. The van der Waals surface area contributed by atoms with Crippen molar-refractivity contribution >= 4 is 0 Å². The van der Waals surface area contributed by atoms with E-state index >= 15 is 0 Å². The highest BCUT2D eigenvalue weighted by Crippen LogP contribution is 2.20. The van der Waals surface area contributed by atoms with Crippen molar-refractivity contribution in [2.75, 3.05) is 6.54 Å². The normalized spacial score (nSPS) is 14.2. The molecule has 0 aromatic carbocycles. The van der Waals surface area contributed by atoms with Crippen molar-refractivity contribution in [1.29, 1.82) is 5.26 Å². The number of nitrogens with one attached hydrogen (secondary N) is 1. The van der Waals surface area contributed by atoms with Gasteiger partial charge in [-0.1, -0.05) is 34.6 Å². The van der Waals surface area contributed by atoms with Gasteiger partial charge in [-0.3, -0.25) is 0 Å². The lowest BCUT2D eigenvalue weighted by molar-refractivity contribution is 0.332. The minimum absolute atomic E-state index is 0.00222. The fourth-order valence-electron chi connectivity index (χ4n) is 1.15. The SMILES string of the molecule is CC(C)CNC(C#N)CC(C)(C)C. The van der Waals surface area contributed by atoms with E-state index in [-0.39, 0.29) is 11.5 Å². The molecule has 2 heteroatoms. The summed E-state index contributed by atoms with van der Waals surface area (Å²) in [5.41, 5.74) is 0.227. The summed E-state index contributed by atoms with van der Waals surface area (Å²) in [6, 6.07) is 2.31. The second-order valence-electron chi connectivity index (χ2n) is 5.25. The molecule has 0 heterocycles. The first-order valence-corrected chi connectivity index (χ1v) is 4.98. The van der Waals surface area contributed by atoms with Gasteiger partial charge in [0, 0.05) is 0 Å². The van der Waals surface area contributed by atoms with Gasteiger partial charge in [-0.05, 0) is 24.3 Å². The van der Waals surface area contributed by atoms with Crippen molar-refractivity contribution in [2.24, 2.45) is 11.3 Å². The zero-order valence-electron chi connectivity index (χ0n) is 9.52. The van der Waals surface area contributed by atoms with Gasteiger partial charge >= 0.3 is 0 Å². The van der Waals surface area contributed by atoms with E-state index in [1.165, 1.54) is 0 Å². The van der Waals surface area contributed by atoms with E-state index in [0.29, 0.717) is 5.92 Å². The summed E-state index contributed by atoms with van der Waals surface area (Å²) >= 11 is 0. The molecule has 2 nitrogen and oxygen atoms in total. The van der Waals surface area contributed by atoms with Crippen LogP contribution in [0.15, 0.2) is 0 Å². The molecule has 0 saturated carbocycles. The van der Waals surface area contributed by atoms with Gasteiger partial charge in [-0.25, -0.2) is 0 Å². The van der Waals surface area contributed by atoms with E-state index in [4.69, 9.17) is 5.26 Å². The lowest BCUT2D eigenvalue weighted by Gasteiger charge is -2.22. The number of hydrogen-bond acceptors (Lipinski definition) is 2. The number of nitriles is 1. The Labute approximate surface area is 82.3 Å². The molecule has 0 aliphatic carbocycles. The van der Waals surface area contributed by atoms with E-state index in [2.05, 4.69) is 46.0 Å². The molecule has 0 amide bonds. The number of nitrogens with zero attached hydrogens (tertiary/aromatic N) is 1. The highest BCUT2D eigenvalue weighted by molar-refractivity contribution is 4.92. The smallest absolute Gasteiger partial charge is 0.0958 e. The van der Waals surface area contributed by atoms with Crippen LogP contribution in [0.3, 0.4) is 0 Å². The second-order valence-corrected chi connectivity index (χ2v) is 5.25. The van der Waals surface area contributed by atoms with Gasteiger partial charge in [0.05, 0.1) is 12.1 Å². The molecule has 76 valence electrons. The Bertz CT molecular complexity index is 172. The minimum atomic E-state index is 0.00222. The standard InChI is InChI=1S/C11H22N2/c1-9(2)8-13-10(7-12)6-11(3,4)5/h9-10,13H,6,8H2,1-5H3. The van der Waals surface area contributed by atoms with Gasteiger partial charge < -0.3 is 5.32 Å². The first kappa shape index (κ1) is 12.4. The van der Waals surface area contributed by atoms with Crippen molar-refractivity contribution in [1.82, 2.24) is 5.32 Å². The molecule has 0 radical (unpaired) electrons. The fraction of sp³-hybridized carbons (Fsp3) is 0.909. The number of hydrogen-bond donors (Lipinski definition) is 1. The summed E-state index contributed by atoms with van der Waals surface area (Å²) < 4.78 is 0. The Morgan fingerprint density at radius 1 is 1.31 bits per heavy atom. The molecule has 0 aromatic heterocycles. The highest BCUT2D eigenvalue weighted by atomic mass is 14.9. The Morgan fingerprint density at radius 2 is 1.85 bits per heavy atom. The molecule has 0 aliphatic rings. The topological polar surface area (TPSA) is 35.8 Å². The van der Waals surface area contributed by atoms with Crippen LogP contribution in [0.1, 0.15) is 41.0 Å². The Kier molecular flexibility index (Phi) is 5.02. The summed E-state index contributed by atoms with van der Waals surface area (Å²) in [5.74, 6) is 0.607. The molecule has 13 heavy (non-hydrogen) atoms. The molecular formula is C11H22N2. The summed E-state index contributed by atoms with van der Waals surface area (Å²) in [7, 11) is 0. The van der Waals surface area contributed by atoms with Gasteiger partial charge in [0.25, 0.3) is 0 Å². The molecule has 0 saturated heterocycles. The Hall–Kier alpha value is -0.550. The molecule has 0 bridgehead atoms. The van der Waals surface area contributed by atoms with Crippen LogP contribution in [0.2, 0.25) is 0 Å². The fourth-order valence-corrected chi connectivity index (χ4v) is 1.15. The lowest BCUT2D eigenvalue weighted by atomic mass is 9.88. The van der Waals surface area contributed by atoms with Crippen LogP contribution >= 0.6 is 0 Å². The van der Waals surface area contributed by atoms with Crippen molar-refractivity contribution < 1.29 is 0 Å². The molecule has 1 N–H and O–H groups in total. The largest absolute Gasteiger partial charge is 0.302 e. The van der Waals surface area contributed by atoms with Crippen LogP contribution in [-0.4, -0.2) is 12.6 Å². The second kappa shape index (κ2) is 5.24. The van der Waals surface area contributed by atoms with Gasteiger partial charge in [0.2, 0.25) is 0 Å². The van der Waals surface area contributed by atoms with Crippen molar-refractivity contribution in [3.63, 3.8) is 0 Å². The Morgan fingerprint density at radius 3 is 2.15 bits per heavy atom. The molecule has 0 fully saturated rings. The summed E-state index contributed by atoms with van der Waals surface area (Å²) in [6.07, 6.45) is 0.913. The van der Waals surface area contributed by atoms with Crippen LogP contribution in [0, 0.1) is 22.7 Å². The third-order valence-corrected chi connectivity index (χ3v) is 1.74. The van der Waals surface area contributed by atoms with Crippen LogP contribution in [0.25, 0.3) is 0 Å². The summed E-state index contributed by atoms with van der Waals surface area (Å²) in [4.78, 5) is 0. The Balaban J connectivity index is 3.86. The van der Waals surface area contributed by atoms with E-state index in [9.17, 15) is 0 Å². The van der Waals surface area contributed by atoms with E-state index in [0.717, 1.165) is 13.0 Å². The highest BCUT2D eigenvalue weighted by Gasteiger charge is 2.17. The van der Waals surface area contributed by atoms with Gasteiger partial charge in [0.15, 0.2) is 0 Å². The molecular weight excluding hydrogens is 160 g/mol. The molecule has 0 spiro atoms. The van der Waals surface area contributed by atoms with Crippen LogP contribution in [0.5, 0.6) is 0 Å². The van der Waals surface area contributed by atoms with Gasteiger partial charge in [0.1, 0.15) is 0 Å². The van der Waals surface area contributed by atoms with E-state index in [1.807, 2.05) is 0 Å². The van der Waals surface area contributed by atoms with Crippen molar-refractivity contribution in [3.8, 4) is 6.07 Å². The minimum Gasteiger partial charge on any atom is -0.302 e. The van der Waals surface area contributed by atoms with Crippen molar-refractivity contribution in [3.05, 3.63) is 0 Å². The van der Waals surface area contributed by atoms with Crippen LogP contribution < -0.4 is 5.32 Å². The van der Waals surface area contributed by atoms with Crippen LogP contribution in [0.4, 0.5) is 0 Å². The number of rotatable bonds is 4. The van der Waals surface area contributed by atoms with Crippen LogP contribution in [-0.2, 0) is 0 Å². The average Bonchev–Trinajstić information content (AvgIpc) is 1.95. The molecule has 0 aromatic rings. The molecule has 0 aliphatic heterocycles. The quantitative estimate of drug-likeness (QED) is 0.725. The monoisotopic (exact) mass is 182 g/mol. The summed E-state index contributed by atoms with van der Waals surface area (Å²) in [6.45, 7) is 11.7. The third-order valence-electron chi connectivity index (χ3n) is 1.74. The zero-order valence-corrected chi connectivity index (χ0v) is 9.52.